The standard InChI is InChI=1S/C14H14N2O4/c1-7-5-8(7)6-16-11-9(14(19)20)3-2-4-10(11)15-12(17)13(16)18/h2-4,7-8H,5-6H2,1H3,(H,15,17)(H,19,20). The van der Waals surface area contributed by atoms with Crippen molar-refractivity contribution in [1.29, 1.82) is 0 Å². The molecule has 0 saturated heterocycles. The molecule has 104 valence electrons. The van der Waals surface area contributed by atoms with Crippen LogP contribution in [0.15, 0.2) is 27.8 Å². The number of aromatic carboxylic acids is 1. The van der Waals surface area contributed by atoms with Crippen molar-refractivity contribution in [3.63, 3.8) is 0 Å². The third kappa shape index (κ3) is 1.93. The van der Waals surface area contributed by atoms with Crippen LogP contribution in [0.4, 0.5) is 0 Å². The molecule has 2 unspecified atom stereocenters. The van der Waals surface area contributed by atoms with Crippen LogP contribution >= 0.6 is 0 Å². The van der Waals surface area contributed by atoms with E-state index in [9.17, 15) is 19.5 Å². The Kier molecular flexibility index (Phi) is 2.74. The van der Waals surface area contributed by atoms with E-state index >= 15 is 0 Å². The van der Waals surface area contributed by atoms with Crippen molar-refractivity contribution in [2.24, 2.45) is 11.8 Å². The zero-order valence-corrected chi connectivity index (χ0v) is 10.9. The third-order valence-electron chi connectivity index (χ3n) is 3.92. The summed E-state index contributed by atoms with van der Waals surface area (Å²) in [6.45, 7) is 2.47. The summed E-state index contributed by atoms with van der Waals surface area (Å²) in [5.41, 5.74) is -0.700. The molecule has 2 atom stereocenters. The second-order valence-electron chi connectivity index (χ2n) is 5.35. The van der Waals surface area contributed by atoms with Gasteiger partial charge in [0.15, 0.2) is 0 Å². The smallest absolute Gasteiger partial charge is 0.337 e. The van der Waals surface area contributed by atoms with Crippen LogP contribution in [0.1, 0.15) is 23.7 Å². The summed E-state index contributed by atoms with van der Waals surface area (Å²) < 4.78 is 1.31. The van der Waals surface area contributed by atoms with Gasteiger partial charge in [-0.15, -0.1) is 0 Å². The number of hydrogen-bond acceptors (Lipinski definition) is 3. The lowest BCUT2D eigenvalue weighted by molar-refractivity contribution is 0.0698. The van der Waals surface area contributed by atoms with Gasteiger partial charge < -0.3 is 14.7 Å². The number of benzene rings is 1. The Bertz CT molecular complexity index is 818. The number of carbonyl (C=O) groups is 1. The average molecular weight is 274 g/mol. The Hall–Kier alpha value is -2.37. The van der Waals surface area contributed by atoms with Gasteiger partial charge >= 0.3 is 17.1 Å². The van der Waals surface area contributed by atoms with E-state index in [0.29, 0.717) is 29.4 Å². The lowest BCUT2D eigenvalue weighted by Gasteiger charge is -2.11. The average Bonchev–Trinajstić information content (AvgIpc) is 3.09. The molecule has 1 aliphatic carbocycles. The Labute approximate surface area is 113 Å². The minimum absolute atomic E-state index is 0.0316. The van der Waals surface area contributed by atoms with Crippen molar-refractivity contribution in [2.45, 2.75) is 19.9 Å². The molecule has 1 aromatic heterocycles. The number of aromatic amines is 1. The number of fused-ring (bicyclic) bond motifs is 1. The molecule has 6 nitrogen and oxygen atoms in total. The maximum Gasteiger partial charge on any atom is 0.337 e. The summed E-state index contributed by atoms with van der Waals surface area (Å²) in [7, 11) is 0. The topological polar surface area (TPSA) is 92.2 Å². The van der Waals surface area contributed by atoms with Crippen LogP contribution in [0, 0.1) is 11.8 Å². The van der Waals surface area contributed by atoms with Crippen LogP contribution in [0.3, 0.4) is 0 Å². The van der Waals surface area contributed by atoms with Crippen molar-refractivity contribution >= 4 is 17.0 Å². The van der Waals surface area contributed by atoms with Gasteiger partial charge in [-0.2, -0.15) is 0 Å². The summed E-state index contributed by atoms with van der Waals surface area (Å²) in [5, 5.41) is 9.26. The predicted molar refractivity (Wildman–Crippen MR) is 73.1 cm³/mol. The van der Waals surface area contributed by atoms with Crippen molar-refractivity contribution in [2.75, 3.05) is 0 Å². The Balaban J connectivity index is 2.33. The van der Waals surface area contributed by atoms with Gasteiger partial charge in [0.05, 0.1) is 16.6 Å². The molecular formula is C14H14N2O4. The third-order valence-corrected chi connectivity index (χ3v) is 3.92. The van der Waals surface area contributed by atoms with E-state index in [4.69, 9.17) is 0 Å². The number of nitrogens with one attached hydrogen (secondary N) is 1. The SMILES string of the molecule is CC1CC1Cn1c(=O)c(=O)[nH]c2cccc(C(=O)O)c21. The number of carboxylic acids is 1. The van der Waals surface area contributed by atoms with E-state index in [0.717, 1.165) is 6.42 Å². The molecule has 0 amide bonds. The summed E-state index contributed by atoms with van der Waals surface area (Å²) in [4.78, 5) is 37.5. The zero-order chi connectivity index (χ0) is 14.4. The van der Waals surface area contributed by atoms with Gasteiger partial charge in [0.25, 0.3) is 0 Å². The van der Waals surface area contributed by atoms with Gasteiger partial charge in [0, 0.05) is 6.54 Å². The summed E-state index contributed by atoms with van der Waals surface area (Å²) in [6, 6.07) is 4.60. The monoisotopic (exact) mass is 274 g/mol. The fraction of sp³-hybridized carbons (Fsp3) is 0.357. The van der Waals surface area contributed by atoms with Crippen LogP contribution in [0.25, 0.3) is 11.0 Å². The number of hydrogen-bond donors (Lipinski definition) is 2. The number of aromatic nitrogens is 2. The second-order valence-corrected chi connectivity index (χ2v) is 5.35. The molecule has 1 aromatic carbocycles. The molecular weight excluding hydrogens is 260 g/mol. The zero-order valence-electron chi connectivity index (χ0n) is 10.9. The number of carboxylic acid groups (broad SMARTS) is 1. The minimum Gasteiger partial charge on any atom is -0.478 e. The van der Waals surface area contributed by atoms with E-state index in [1.54, 1.807) is 12.1 Å². The van der Waals surface area contributed by atoms with E-state index in [2.05, 4.69) is 11.9 Å². The molecule has 1 heterocycles. The molecule has 1 fully saturated rings. The fourth-order valence-corrected chi connectivity index (χ4v) is 2.57. The molecule has 3 rings (SSSR count). The quantitative estimate of drug-likeness (QED) is 0.818. The number of para-hydroxylation sites is 1. The molecule has 0 spiro atoms. The first kappa shape index (κ1) is 12.7. The summed E-state index contributed by atoms with van der Waals surface area (Å²) in [6.07, 6.45) is 0.996. The Morgan fingerprint density at radius 2 is 2.15 bits per heavy atom. The van der Waals surface area contributed by atoms with Crippen molar-refractivity contribution in [3.05, 3.63) is 44.5 Å². The largest absolute Gasteiger partial charge is 0.478 e. The van der Waals surface area contributed by atoms with E-state index in [1.165, 1.54) is 10.6 Å². The Morgan fingerprint density at radius 1 is 1.45 bits per heavy atom. The molecule has 2 N–H and O–H groups in total. The van der Waals surface area contributed by atoms with E-state index in [-0.39, 0.29) is 5.56 Å². The molecule has 1 aliphatic rings. The highest BCUT2D eigenvalue weighted by Gasteiger charge is 2.33. The highest BCUT2D eigenvalue weighted by atomic mass is 16.4. The van der Waals surface area contributed by atoms with Gasteiger partial charge in [-0.3, -0.25) is 9.59 Å². The van der Waals surface area contributed by atoms with Crippen LogP contribution in [-0.2, 0) is 6.54 Å². The minimum atomic E-state index is -1.11. The number of rotatable bonds is 3. The van der Waals surface area contributed by atoms with Crippen LogP contribution in [-0.4, -0.2) is 20.6 Å². The molecule has 1 saturated carbocycles. The van der Waals surface area contributed by atoms with E-state index < -0.39 is 17.1 Å². The van der Waals surface area contributed by atoms with Crippen LogP contribution in [0.2, 0.25) is 0 Å². The summed E-state index contributed by atoms with van der Waals surface area (Å²) >= 11 is 0. The molecule has 20 heavy (non-hydrogen) atoms. The molecule has 0 radical (unpaired) electrons. The van der Waals surface area contributed by atoms with Crippen molar-refractivity contribution in [1.82, 2.24) is 9.55 Å². The molecule has 6 heteroatoms. The fourth-order valence-electron chi connectivity index (χ4n) is 2.57. The van der Waals surface area contributed by atoms with Gasteiger partial charge in [-0.25, -0.2) is 4.79 Å². The van der Waals surface area contributed by atoms with Crippen molar-refractivity contribution < 1.29 is 9.90 Å². The van der Waals surface area contributed by atoms with Crippen LogP contribution in [0.5, 0.6) is 0 Å². The first-order chi connectivity index (χ1) is 9.49. The number of nitrogens with zero attached hydrogens (tertiary/aromatic N) is 1. The maximum atomic E-state index is 12.1. The van der Waals surface area contributed by atoms with Gasteiger partial charge in [-0.05, 0) is 30.4 Å². The van der Waals surface area contributed by atoms with Crippen molar-refractivity contribution in [3.8, 4) is 0 Å². The molecule has 0 bridgehead atoms. The highest BCUT2D eigenvalue weighted by Crippen LogP contribution is 2.39. The lowest BCUT2D eigenvalue weighted by Crippen LogP contribution is -2.37. The van der Waals surface area contributed by atoms with Gasteiger partial charge in [-0.1, -0.05) is 13.0 Å². The highest BCUT2D eigenvalue weighted by molar-refractivity contribution is 6.00. The van der Waals surface area contributed by atoms with Gasteiger partial charge in [0.1, 0.15) is 0 Å². The predicted octanol–water partition coefficient (Wildman–Crippen LogP) is 1.04. The second kappa shape index (κ2) is 4.33. The first-order valence-electron chi connectivity index (χ1n) is 6.48. The van der Waals surface area contributed by atoms with E-state index in [1.807, 2.05) is 0 Å². The lowest BCUT2D eigenvalue weighted by atomic mass is 10.1. The molecule has 0 aliphatic heterocycles. The normalized spacial score (nSPS) is 21.1. The number of H-pyrrole nitrogens is 1. The Morgan fingerprint density at radius 3 is 2.75 bits per heavy atom. The molecule has 2 aromatic rings. The maximum absolute atomic E-state index is 12.1. The van der Waals surface area contributed by atoms with Crippen LogP contribution < -0.4 is 11.1 Å². The first-order valence-corrected chi connectivity index (χ1v) is 6.48. The van der Waals surface area contributed by atoms with Gasteiger partial charge in [0.2, 0.25) is 0 Å². The summed E-state index contributed by atoms with van der Waals surface area (Å²) in [5.74, 6) is -0.271.